The van der Waals surface area contributed by atoms with Gasteiger partial charge < -0.3 is 11.1 Å². The molecule has 0 saturated carbocycles. The van der Waals surface area contributed by atoms with E-state index in [9.17, 15) is 0 Å². The van der Waals surface area contributed by atoms with Crippen LogP contribution < -0.4 is 11.1 Å². The molecule has 1 aromatic heterocycles. The smallest absolute Gasteiger partial charge is 0.146 e. The van der Waals surface area contributed by atoms with Crippen molar-refractivity contribution in [2.24, 2.45) is 5.73 Å². The number of nitrogens with one attached hydrogen (secondary N) is 1. The van der Waals surface area contributed by atoms with Crippen LogP contribution in [-0.4, -0.2) is 47.6 Å². The van der Waals surface area contributed by atoms with E-state index >= 15 is 0 Å². The first-order valence-corrected chi connectivity index (χ1v) is 6.33. The fraction of sp³-hybridized carbons (Fsp3) is 0.667. The van der Waals surface area contributed by atoms with E-state index in [0.717, 1.165) is 51.4 Å². The van der Waals surface area contributed by atoms with Crippen LogP contribution >= 0.6 is 0 Å². The van der Waals surface area contributed by atoms with Gasteiger partial charge in [-0.25, -0.2) is 9.97 Å². The Balaban J connectivity index is 1.97. The Morgan fingerprint density at radius 3 is 2.94 bits per heavy atom. The molecule has 1 atom stereocenters. The van der Waals surface area contributed by atoms with Gasteiger partial charge in [-0.2, -0.15) is 0 Å². The number of hydrogen-bond donors (Lipinski definition) is 2. The summed E-state index contributed by atoms with van der Waals surface area (Å²) >= 11 is 0. The quantitative estimate of drug-likeness (QED) is 0.712. The van der Waals surface area contributed by atoms with Crippen LogP contribution in [0.2, 0.25) is 0 Å². The summed E-state index contributed by atoms with van der Waals surface area (Å²) in [6, 6.07) is 2.17. The molecule has 1 aliphatic heterocycles. The molecule has 2 rings (SSSR count). The van der Waals surface area contributed by atoms with Crippen molar-refractivity contribution in [1.82, 2.24) is 20.2 Å². The van der Waals surface area contributed by atoms with Crippen LogP contribution in [0.5, 0.6) is 0 Å². The summed E-state index contributed by atoms with van der Waals surface area (Å²) in [5, 5.41) is 3.41. The Bertz CT molecular complexity index is 316. The molecular weight excluding hydrogens is 214 g/mol. The minimum absolute atomic E-state index is 0.308. The normalized spacial score (nSPS) is 21.6. The van der Waals surface area contributed by atoms with Crippen LogP contribution in [0.3, 0.4) is 0 Å². The lowest BCUT2D eigenvalue weighted by Gasteiger charge is -2.35. The molecule has 0 spiro atoms. The number of aromatic nitrogens is 2. The van der Waals surface area contributed by atoms with Crippen LogP contribution in [0.15, 0.2) is 18.5 Å². The van der Waals surface area contributed by atoms with E-state index in [0.29, 0.717) is 6.04 Å². The summed E-state index contributed by atoms with van der Waals surface area (Å²) in [6.07, 6.45) is 5.87. The van der Waals surface area contributed by atoms with E-state index < -0.39 is 0 Å². The van der Waals surface area contributed by atoms with E-state index in [1.165, 1.54) is 0 Å². The maximum absolute atomic E-state index is 5.53. The Hall–Kier alpha value is -1.04. The van der Waals surface area contributed by atoms with E-state index in [1.54, 1.807) is 0 Å². The molecule has 0 aromatic carbocycles. The van der Waals surface area contributed by atoms with Gasteiger partial charge in [0.1, 0.15) is 5.82 Å². The van der Waals surface area contributed by atoms with Crippen LogP contribution in [-0.2, 0) is 0 Å². The second-order valence-corrected chi connectivity index (χ2v) is 4.36. The molecule has 2 heterocycles. The Morgan fingerprint density at radius 1 is 1.35 bits per heavy atom. The lowest BCUT2D eigenvalue weighted by molar-refractivity contribution is 0.152. The molecule has 0 bridgehead atoms. The molecule has 1 unspecified atom stereocenters. The Kier molecular flexibility index (Phi) is 4.85. The van der Waals surface area contributed by atoms with E-state index in [4.69, 9.17) is 5.73 Å². The van der Waals surface area contributed by atoms with Crippen molar-refractivity contribution < 1.29 is 0 Å². The van der Waals surface area contributed by atoms with Crippen molar-refractivity contribution in [3.63, 3.8) is 0 Å². The molecule has 1 saturated heterocycles. The van der Waals surface area contributed by atoms with E-state index in [2.05, 4.69) is 20.2 Å². The standard InChI is InChI=1S/C12H21N5/c13-4-1-2-8-17-9-7-14-10-11(17)12-15-5-3-6-16-12/h3,5-6,11,14H,1-2,4,7-10,13H2. The highest BCUT2D eigenvalue weighted by Crippen LogP contribution is 2.18. The van der Waals surface area contributed by atoms with Crippen molar-refractivity contribution in [3.8, 4) is 0 Å². The predicted octanol–water partition coefficient (Wildman–Crippen LogP) is 0.162. The number of rotatable bonds is 5. The zero-order valence-electron chi connectivity index (χ0n) is 10.2. The van der Waals surface area contributed by atoms with Gasteiger partial charge >= 0.3 is 0 Å². The maximum Gasteiger partial charge on any atom is 0.146 e. The van der Waals surface area contributed by atoms with Gasteiger partial charge in [0.25, 0.3) is 0 Å². The SMILES string of the molecule is NCCCCN1CCNCC1c1ncccn1. The summed E-state index contributed by atoms with van der Waals surface area (Å²) in [6.45, 7) is 4.91. The Labute approximate surface area is 102 Å². The van der Waals surface area contributed by atoms with Crippen molar-refractivity contribution in [2.75, 3.05) is 32.7 Å². The van der Waals surface area contributed by atoms with E-state index in [-0.39, 0.29) is 0 Å². The van der Waals surface area contributed by atoms with Gasteiger partial charge in [-0.15, -0.1) is 0 Å². The highest BCUT2D eigenvalue weighted by molar-refractivity contribution is 4.99. The predicted molar refractivity (Wildman–Crippen MR) is 67.5 cm³/mol. The molecule has 0 amide bonds. The summed E-state index contributed by atoms with van der Waals surface area (Å²) in [7, 11) is 0. The van der Waals surface area contributed by atoms with Gasteiger partial charge in [0.2, 0.25) is 0 Å². The number of hydrogen-bond acceptors (Lipinski definition) is 5. The minimum atomic E-state index is 0.308. The molecule has 0 aliphatic carbocycles. The zero-order chi connectivity index (χ0) is 11.9. The molecule has 5 nitrogen and oxygen atoms in total. The molecule has 3 N–H and O–H groups in total. The molecule has 1 aromatic rings. The Morgan fingerprint density at radius 2 is 2.18 bits per heavy atom. The maximum atomic E-state index is 5.53. The summed E-state index contributed by atoms with van der Waals surface area (Å²) < 4.78 is 0. The first-order valence-electron chi connectivity index (χ1n) is 6.33. The fourth-order valence-corrected chi connectivity index (χ4v) is 2.21. The highest BCUT2D eigenvalue weighted by atomic mass is 15.2. The lowest BCUT2D eigenvalue weighted by atomic mass is 10.1. The lowest BCUT2D eigenvalue weighted by Crippen LogP contribution is -2.46. The van der Waals surface area contributed by atoms with Crippen molar-refractivity contribution in [3.05, 3.63) is 24.3 Å². The fourth-order valence-electron chi connectivity index (χ4n) is 2.21. The molecule has 1 fully saturated rings. The van der Waals surface area contributed by atoms with Gasteiger partial charge in [0, 0.05) is 32.0 Å². The number of unbranched alkanes of at least 4 members (excludes halogenated alkanes) is 1. The van der Waals surface area contributed by atoms with Crippen molar-refractivity contribution in [1.29, 1.82) is 0 Å². The molecule has 94 valence electrons. The number of nitrogens with two attached hydrogens (primary N) is 1. The van der Waals surface area contributed by atoms with Crippen molar-refractivity contribution in [2.45, 2.75) is 18.9 Å². The van der Waals surface area contributed by atoms with Crippen LogP contribution in [0.25, 0.3) is 0 Å². The number of piperazine rings is 1. The zero-order valence-corrected chi connectivity index (χ0v) is 10.2. The molecule has 0 radical (unpaired) electrons. The van der Waals surface area contributed by atoms with Crippen LogP contribution in [0.4, 0.5) is 0 Å². The van der Waals surface area contributed by atoms with Gasteiger partial charge in [-0.1, -0.05) is 0 Å². The van der Waals surface area contributed by atoms with Gasteiger partial charge in [0.05, 0.1) is 6.04 Å². The van der Waals surface area contributed by atoms with Gasteiger partial charge in [0.15, 0.2) is 0 Å². The topological polar surface area (TPSA) is 67.1 Å². The highest BCUT2D eigenvalue weighted by Gasteiger charge is 2.24. The minimum Gasteiger partial charge on any atom is -0.330 e. The second-order valence-electron chi connectivity index (χ2n) is 4.36. The molecule has 17 heavy (non-hydrogen) atoms. The third-order valence-electron chi connectivity index (χ3n) is 3.14. The second kappa shape index (κ2) is 6.64. The largest absolute Gasteiger partial charge is 0.330 e. The van der Waals surface area contributed by atoms with E-state index in [1.807, 2.05) is 18.5 Å². The average Bonchev–Trinajstić information content (AvgIpc) is 2.41. The first-order chi connectivity index (χ1) is 8.42. The molecule has 5 heteroatoms. The summed E-state index contributed by atoms with van der Waals surface area (Å²) in [5.74, 6) is 0.924. The van der Waals surface area contributed by atoms with Gasteiger partial charge in [-0.3, -0.25) is 4.90 Å². The first kappa shape index (κ1) is 12.4. The number of nitrogens with zero attached hydrogens (tertiary/aromatic N) is 3. The van der Waals surface area contributed by atoms with Crippen LogP contribution in [0, 0.1) is 0 Å². The third kappa shape index (κ3) is 3.46. The summed E-state index contributed by atoms with van der Waals surface area (Å²) in [5.41, 5.74) is 5.53. The van der Waals surface area contributed by atoms with Gasteiger partial charge in [-0.05, 0) is 32.0 Å². The van der Waals surface area contributed by atoms with Crippen molar-refractivity contribution >= 4 is 0 Å². The monoisotopic (exact) mass is 235 g/mol. The third-order valence-corrected chi connectivity index (χ3v) is 3.14. The molecule has 1 aliphatic rings. The average molecular weight is 235 g/mol. The van der Waals surface area contributed by atoms with Crippen LogP contribution in [0.1, 0.15) is 24.7 Å². The molecular formula is C12H21N5. The summed E-state index contributed by atoms with van der Waals surface area (Å²) in [4.78, 5) is 11.2.